The van der Waals surface area contributed by atoms with Crippen LogP contribution in [-0.2, 0) is 13.1 Å². The Hall–Kier alpha value is -0.940. The van der Waals surface area contributed by atoms with Crippen LogP contribution in [0.4, 0.5) is 0 Å². The highest BCUT2D eigenvalue weighted by molar-refractivity contribution is 4.91. The van der Waals surface area contributed by atoms with Crippen molar-refractivity contribution >= 4 is 0 Å². The molecule has 19 heavy (non-hydrogen) atoms. The summed E-state index contributed by atoms with van der Waals surface area (Å²) in [4.78, 5) is 2.56. The van der Waals surface area contributed by atoms with Gasteiger partial charge in [0.05, 0.1) is 12.2 Å². The van der Waals surface area contributed by atoms with Gasteiger partial charge in [-0.1, -0.05) is 25.5 Å². The molecule has 1 fully saturated rings. The zero-order chi connectivity index (χ0) is 13.5. The summed E-state index contributed by atoms with van der Waals surface area (Å²) < 4.78 is 1.97. The lowest BCUT2D eigenvalue weighted by Gasteiger charge is -2.15. The number of nitrogens with zero attached hydrogens (tertiary/aromatic N) is 4. The Kier molecular flexibility index (Phi) is 5.79. The van der Waals surface area contributed by atoms with E-state index in [4.69, 9.17) is 0 Å². The van der Waals surface area contributed by atoms with Crippen LogP contribution in [0.3, 0.4) is 0 Å². The van der Waals surface area contributed by atoms with Crippen LogP contribution < -0.4 is 5.32 Å². The summed E-state index contributed by atoms with van der Waals surface area (Å²) in [5.41, 5.74) is 1.03. The van der Waals surface area contributed by atoms with Crippen molar-refractivity contribution in [3.05, 3.63) is 11.9 Å². The highest BCUT2D eigenvalue weighted by atomic mass is 15.4. The van der Waals surface area contributed by atoms with Crippen LogP contribution in [-0.4, -0.2) is 46.1 Å². The summed E-state index contributed by atoms with van der Waals surface area (Å²) >= 11 is 0. The minimum atomic E-state index is 0.818. The maximum Gasteiger partial charge on any atom is 0.0964 e. The quantitative estimate of drug-likeness (QED) is 0.774. The molecule has 0 aliphatic carbocycles. The molecule has 2 heterocycles. The first kappa shape index (κ1) is 14.5. The topological polar surface area (TPSA) is 46.0 Å². The van der Waals surface area contributed by atoms with E-state index in [0.717, 1.165) is 37.8 Å². The fraction of sp³-hybridized carbons (Fsp3) is 0.857. The molecular formula is C14H27N5. The van der Waals surface area contributed by atoms with Crippen LogP contribution in [0.1, 0.15) is 38.8 Å². The van der Waals surface area contributed by atoms with Crippen molar-refractivity contribution in [2.45, 2.75) is 46.2 Å². The van der Waals surface area contributed by atoms with Crippen molar-refractivity contribution in [3.8, 4) is 0 Å². The predicted molar refractivity (Wildman–Crippen MR) is 76.9 cm³/mol. The van der Waals surface area contributed by atoms with Crippen LogP contribution in [0.5, 0.6) is 0 Å². The van der Waals surface area contributed by atoms with Gasteiger partial charge in [0.15, 0.2) is 0 Å². The number of hydrogen-bond donors (Lipinski definition) is 1. The van der Waals surface area contributed by atoms with E-state index in [1.807, 2.05) is 4.68 Å². The Labute approximate surface area is 116 Å². The van der Waals surface area contributed by atoms with Gasteiger partial charge in [0.25, 0.3) is 0 Å². The van der Waals surface area contributed by atoms with Crippen LogP contribution in [0.25, 0.3) is 0 Å². The summed E-state index contributed by atoms with van der Waals surface area (Å²) in [5.74, 6) is 0.921. The smallest absolute Gasteiger partial charge is 0.0964 e. The van der Waals surface area contributed by atoms with Gasteiger partial charge in [-0.05, 0) is 31.8 Å². The maximum atomic E-state index is 4.19. The molecule has 5 heteroatoms. The Morgan fingerprint density at radius 2 is 2.26 bits per heavy atom. The molecule has 0 radical (unpaired) electrons. The highest BCUT2D eigenvalue weighted by Gasteiger charge is 2.21. The summed E-state index contributed by atoms with van der Waals surface area (Å²) in [6.07, 6.45) is 6.13. The van der Waals surface area contributed by atoms with Gasteiger partial charge in [-0.2, -0.15) is 0 Å². The molecule has 1 aliphatic rings. The number of aromatic nitrogens is 3. The Morgan fingerprint density at radius 3 is 3.05 bits per heavy atom. The van der Waals surface area contributed by atoms with Crippen LogP contribution in [0.15, 0.2) is 6.20 Å². The first-order valence-electron chi connectivity index (χ1n) is 7.64. The van der Waals surface area contributed by atoms with Crippen LogP contribution in [0.2, 0.25) is 0 Å². The average molecular weight is 265 g/mol. The van der Waals surface area contributed by atoms with E-state index in [1.165, 1.54) is 32.4 Å². The van der Waals surface area contributed by atoms with Gasteiger partial charge in [0.2, 0.25) is 0 Å². The summed E-state index contributed by atoms with van der Waals surface area (Å²) in [5, 5.41) is 11.6. The predicted octanol–water partition coefficient (Wildman–Crippen LogP) is 1.51. The summed E-state index contributed by atoms with van der Waals surface area (Å²) in [6, 6.07) is 0. The molecule has 0 bridgehead atoms. The molecule has 1 saturated heterocycles. The van der Waals surface area contributed by atoms with Gasteiger partial charge in [-0.3, -0.25) is 4.68 Å². The second-order valence-corrected chi connectivity index (χ2v) is 5.50. The molecule has 1 aromatic rings. The minimum absolute atomic E-state index is 0.818. The molecule has 0 spiro atoms. The third-order valence-electron chi connectivity index (χ3n) is 3.85. The Balaban J connectivity index is 1.69. The number of likely N-dealkylation sites (tertiary alicyclic amines) is 1. The Bertz CT molecular complexity index is 362. The summed E-state index contributed by atoms with van der Waals surface area (Å²) in [6.45, 7) is 10.8. The molecule has 1 aliphatic heterocycles. The van der Waals surface area contributed by atoms with Crippen molar-refractivity contribution in [2.75, 3.05) is 26.2 Å². The molecule has 2 rings (SSSR count). The molecule has 1 N–H and O–H groups in total. The lowest BCUT2D eigenvalue weighted by molar-refractivity contribution is 0.299. The zero-order valence-electron chi connectivity index (χ0n) is 12.3. The maximum absolute atomic E-state index is 4.19. The van der Waals surface area contributed by atoms with Gasteiger partial charge in [0.1, 0.15) is 0 Å². The largest absolute Gasteiger partial charge is 0.311 e. The van der Waals surface area contributed by atoms with Crippen LogP contribution in [0, 0.1) is 5.92 Å². The van der Waals surface area contributed by atoms with E-state index in [9.17, 15) is 0 Å². The van der Waals surface area contributed by atoms with E-state index >= 15 is 0 Å². The lowest BCUT2D eigenvalue weighted by Crippen LogP contribution is -2.25. The van der Waals surface area contributed by atoms with Crippen molar-refractivity contribution in [2.24, 2.45) is 5.92 Å². The zero-order valence-corrected chi connectivity index (χ0v) is 12.3. The molecule has 1 aromatic heterocycles. The number of hydrogen-bond acceptors (Lipinski definition) is 4. The SMILES string of the molecule is CCCC1CCN(CCn2cc(CNCC)nn2)C1. The monoisotopic (exact) mass is 265 g/mol. The van der Waals surface area contributed by atoms with Gasteiger partial charge in [0, 0.05) is 25.8 Å². The molecule has 1 atom stereocenters. The second-order valence-electron chi connectivity index (χ2n) is 5.50. The summed E-state index contributed by atoms with van der Waals surface area (Å²) in [7, 11) is 0. The average Bonchev–Trinajstić information content (AvgIpc) is 3.03. The van der Waals surface area contributed by atoms with Crippen molar-refractivity contribution in [3.63, 3.8) is 0 Å². The Morgan fingerprint density at radius 1 is 1.37 bits per heavy atom. The van der Waals surface area contributed by atoms with Crippen molar-refractivity contribution in [1.29, 1.82) is 0 Å². The van der Waals surface area contributed by atoms with E-state index in [1.54, 1.807) is 0 Å². The molecule has 0 amide bonds. The van der Waals surface area contributed by atoms with E-state index in [0.29, 0.717) is 0 Å². The van der Waals surface area contributed by atoms with E-state index in [-0.39, 0.29) is 0 Å². The molecule has 5 nitrogen and oxygen atoms in total. The fourth-order valence-electron chi connectivity index (χ4n) is 2.79. The number of nitrogens with one attached hydrogen (secondary N) is 1. The minimum Gasteiger partial charge on any atom is -0.311 e. The third-order valence-corrected chi connectivity index (χ3v) is 3.85. The third kappa shape index (κ3) is 4.58. The van der Waals surface area contributed by atoms with E-state index < -0.39 is 0 Å². The number of rotatable bonds is 8. The molecule has 1 unspecified atom stereocenters. The first-order chi connectivity index (χ1) is 9.31. The lowest BCUT2D eigenvalue weighted by atomic mass is 10.0. The molecule has 0 aromatic carbocycles. The van der Waals surface area contributed by atoms with Gasteiger partial charge in [-0.15, -0.1) is 5.10 Å². The fourth-order valence-corrected chi connectivity index (χ4v) is 2.79. The van der Waals surface area contributed by atoms with Crippen LogP contribution >= 0.6 is 0 Å². The van der Waals surface area contributed by atoms with Crippen molar-refractivity contribution in [1.82, 2.24) is 25.2 Å². The van der Waals surface area contributed by atoms with E-state index in [2.05, 4.69) is 40.6 Å². The highest BCUT2D eigenvalue weighted by Crippen LogP contribution is 2.20. The van der Waals surface area contributed by atoms with Gasteiger partial charge >= 0.3 is 0 Å². The van der Waals surface area contributed by atoms with Crippen molar-refractivity contribution < 1.29 is 0 Å². The molecular weight excluding hydrogens is 238 g/mol. The molecule has 0 saturated carbocycles. The van der Waals surface area contributed by atoms with Gasteiger partial charge < -0.3 is 10.2 Å². The molecule has 108 valence electrons. The van der Waals surface area contributed by atoms with Gasteiger partial charge in [-0.25, -0.2) is 0 Å². The normalized spacial score (nSPS) is 20.2. The second kappa shape index (κ2) is 7.60. The first-order valence-corrected chi connectivity index (χ1v) is 7.64. The standard InChI is InChI=1S/C14H27N5/c1-3-5-13-6-7-18(11-13)8-9-19-12-14(16-17-19)10-15-4-2/h12-13,15H,3-11H2,1-2H3.